The first-order chi connectivity index (χ1) is 9.56. The van der Waals surface area contributed by atoms with Gasteiger partial charge in [0.05, 0.1) is 0 Å². The number of hydrogen-bond donors (Lipinski definition) is 1. The molecule has 102 valence electrons. The minimum atomic E-state index is -1.06. The molecule has 0 heterocycles. The van der Waals surface area contributed by atoms with Crippen LogP contribution < -0.4 is 4.74 Å². The monoisotopic (exact) mass is 336 g/mol. The van der Waals surface area contributed by atoms with Crippen molar-refractivity contribution in [3.8, 4) is 11.5 Å². The second kappa shape index (κ2) is 6.34. The van der Waals surface area contributed by atoms with Crippen LogP contribution in [0.1, 0.15) is 5.56 Å². The SMILES string of the molecule is O=C(O)/C=C\c1ccccc1Oc1ccc(Br)cc1F. The summed E-state index contributed by atoms with van der Waals surface area (Å²) in [4.78, 5) is 10.5. The number of halogens is 2. The molecular formula is C15H10BrFO3. The third kappa shape index (κ3) is 3.68. The topological polar surface area (TPSA) is 46.5 Å². The maximum Gasteiger partial charge on any atom is 0.328 e. The van der Waals surface area contributed by atoms with Crippen molar-refractivity contribution in [3.63, 3.8) is 0 Å². The van der Waals surface area contributed by atoms with Crippen LogP contribution in [0.25, 0.3) is 6.08 Å². The Morgan fingerprint density at radius 3 is 2.65 bits per heavy atom. The highest BCUT2D eigenvalue weighted by Crippen LogP contribution is 2.29. The van der Waals surface area contributed by atoms with Crippen LogP contribution in [-0.2, 0) is 4.79 Å². The Balaban J connectivity index is 2.31. The largest absolute Gasteiger partial charge is 0.478 e. The third-order valence-corrected chi connectivity index (χ3v) is 2.93. The van der Waals surface area contributed by atoms with Gasteiger partial charge in [0.15, 0.2) is 11.6 Å². The highest BCUT2D eigenvalue weighted by Gasteiger charge is 2.07. The van der Waals surface area contributed by atoms with Crippen LogP contribution in [0.3, 0.4) is 0 Å². The van der Waals surface area contributed by atoms with Gasteiger partial charge in [-0.15, -0.1) is 0 Å². The van der Waals surface area contributed by atoms with Gasteiger partial charge in [0.2, 0.25) is 0 Å². The van der Waals surface area contributed by atoms with Gasteiger partial charge in [-0.05, 0) is 30.3 Å². The zero-order valence-electron chi connectivity index (χ0n) is 10.2. The van der Waals surface area contributed by atoms with Gasteiger partial charge in [-0.1, -0.05) is 34.1 Å². The summed E-state index contributed by atoms with van der Waals surface area (Å²) in [5.74, 6) is -1.11. The Kier molecular flexibility index (Phi) is 4.53. The van der Waals surface area contributed by atoms with E-state index in [0.717, 1.165) is 6.08 Å². The lowest BCUT2D eigenvalue weighted by Crippen LogP contribution is -1.91. The van der Waals surface area contributed by atoms with Crippen molar-refractivity contribution in [2.75, 3.05) is 0 Å². The molecular weight excluding hydrogens is 327 g/mol. The molecule has 5 heteroatoms. The Morgan fingerprint density at radius 2 is 1.95 bits per heavy atom. The summed E-state index contributed by atoms with van der Waals surface area (Å²) in [5.41, 5.74) is 0.553. The average molecular weight is 337 g/mol. The minimum absolute atomic E-state index is 0.0735. The van der Waals surface area contributed by atoms with Crippen LogP contribution >= 0.6 is 15.9 Å². The van der Waals surface area contributed by atoms with E-state index in [0.29, 0.717) is 15.8 Å². The van der Waals surface area contributed by atoms with Gasteiger partial charge < -0.3 is 9.84 Å². The van der Waals surface area contributed by atoms with Gasteiger partial charge in [-0.2, -0.15) is 0 Å². The first-order valence-corrected chi connectivity index (χ1v) is 6.48. The molecule has 0 aliphatic heterocycles. The standard InChI is InChI=1S/C15H10BrFO3/c16-11-6-7-14(12(17)9-11)20-13-4-2-1-3-10(13)5-8-15(18)19/h1-9H,(H,18,19)/b8-5-. The van der Waals surface area contributed by atoms with Gasteiger partial charge in [0, 0.05) is 16.1 Å². The normalized spacial score (nSPS) is 10.7. The molecule has 0 unspecified atom stereocenters. The van der Waals surface area contributed by atoms with Crippen molar-refractivity contribution >= 4 is 28.0 Å². The molecule has 2 aromatic carbocycles. The van der Waals surface area contributed by atoms with Gasteiger partial charge in [-0.3, -0.25) is 0 Å². The molecule has 0 atom stereocenters. The Hall–Kier alpha value is -2.14. The molecule has 1 N–H and O–H groups in total. The maximum atomic E-state index is 13.7. The molecule has 0 amide bonds. The summed E-state index contributed by atoms with van der Waals surface area (Å²) in [6.45, 7) is 0. The number of hydrogen-bond acceptors (Lipinski definition) is 2. The van der Waals surface area contributed by atoms with Gasteiger partial charge in [-0.25, -0.2) is 9.18 Å². The summed E-state index contributed by atoms with van der Waals surface area (Å²) in [7, 11) is 0. The van der Waals surface area contributed by atoms with Crippen molar-refractivity contribution in [2.24, 2.45) is 0 Å². The predicted octanol–water partition coefficient (Wildman–Crippen LogP) is 4.48. The zero-order valence-corrected chi connectivity index (χ0v) is 11.8. The number of rotatable bonds is 4. The predicted molar refractivity (Wildman–Crippen MR) is 77.3 cm³/mol. The fraction of sp³-hybridized carbons (Fsp3) is 0. The maximum absolute atomic E-state index is 13.7. The van der Waals surface area contributed by atoms with Crippen molar-refractivity contribution in [1.82, 2.24) is 0 Å². The molecule has 0 saturated heterocycles. The second-order valence-corrected chi connectivity index (χ2v) is 4.80. The third-order valence-electron chi connectivity index (χ3n) is 2.44. The minimum Gasteiger partial charge on any atom is -0.478 e. The molecule has 2 rings (SSSR count). The number of para-hydroxylation sites is 1. The number of benzene rings is 2. The summed E-state index contributed by atoms with van der Waals surface area (Å²) >= 11 is 3.16. The van der Waals surface area contributed by atoms with E-state index in [1.807, 2.05) is 0 Å². The molecule has 0 saturated carbocycles. The summed E-state index contributed by atoms with van der Waals surface area (Å²) in [6, 6.07) is 11.3. The van der Waals surface area contributed by atoms with Gasteiger partial charge in [0.25, 0.3) is 0 Å². The van der Waals surface area contributed by atoms with Gasteiger partial charge in [0.1, 0.15) is 5.75 Å². The van der Waals surface area contributed by atoms with Crippen LogP contribution in [0.2, 0.25) is 0 Å². The summed E-state index contributed by atoms with van der Waals surface area (Å²) in [5, 5.41) is 8.64. The highest BCUT2D eigenvalue weighted by atomic mass is 79.9. The van der Waals surface area contributed by atoms with Crippen LogP contribution in [0.4, 0.5) is 4.39 Å². The lowest BCUT2D eigenvalue weighted by atomic mass is 10.2. The summed E-state index contributed by atoms with van der Waals surface area (Å²) in [6.07, 6.45) is 2.40. The van der Waals surface area contributed by atoms with E-state index in [-0.39, 0.29) is 5.75 Å². The molecule has 0 fully saturated rings. The van der Waals surface area contributed by atoms with E-state index < -0.39 is 11.8 Å². The first-order valence-electron chi connectivity index (χ1n) is 5.69. The number of ether oxygens (including phenoxy) is 1. The lowest BCUT2D eigenvalue weighted by Gasteiger charge is -2.09. The Morgan fingerprint density at radius 1 is 1.20 bits per heavy atom. The van der Waals surface area contributed by atoms with Crippen LogP contribution in [0, 0.1) is 5.82 Å². The van der Waals surface area contributed by atoms with E-state index >= 15 is 0 Å². The fourth-order valence-electron chi connectivity index (χ4n) is 1.55. The average Bonchev–Trinajstić information content (AvgIpc) is 2.41. The van der Waals surface area contributed by atoms with Crippen LogP contribution in [0.5, 0.6) is 11.5 Å². The van der Waals surface area contributed by atoms with Crippen molar-refractivity contribution in [2.45, 2.75) is 0 Å². The molecule has 20 heavy (non-hydrogen) atoms. The van der Waals surface area contributed by atoms with Crippen molar-refractivity contribution in [3.05, 3.63) is 64.4 Å². The van der Waals surface area contributed by atoms with Crippen LogP contribution in [-0.4, -0.2) is 11.1 Å². The van der Waals surface area contributed by atoms with E-state index in [4.69, 9.17) is 9.84 Å². The number of carbonyl (C=O) groups is 1. The molecule has 0 spiro atoms. The quantitative estimate of drug-likeness (QED) is 0.837. The molecule has 0 radical (unpaired) electrons. The van der Waals surface area contributed by atoms with E-state index in [2.05, 4.69) is 15.9 Å². The molecule has 0 bridgehead atoms. The molecule has 0 aromatic heterocycles. The van der Waals surface area contributed by atoms with E-state index in [1.165, 1.54) is 18.2 Å². The second-order valence-electron chi connectivity index (χ2n) is 3.89. The molecule has 0 aliphatic carbocycles. The Bertz CT molecular complexity index is 668. The lowest BCUT2D eigenvalue weighted by molar-refractivity contribution is -0.131. The van der Waals surface area contributed by atoms with E-state index in [9.17, 15) is 9.18 Å². The first kappa shape index (κ1) is 14.3. The number of carboxylic acids is 1. The van der Waals surface area contributed by atoms with Crippen molar-refractivity contribution < 1.29 is 19.0 Å². The fourth-order valence-corrected chi connectivity index (χ4v) is 1.88. The smallest absolute Gasteiger partial charge is 0.328 e. The van der Waals surface area contributed by atoms with E-state index in [1.54, 1.807) is 30.3 Å². The van der Waals surface area contributed by atoms with Crippen LogP contribution in [0.15, 0.2) is 53.0 Å². The zero-order chi connectivity index (χ0) is 14.5. The molecule has 0 aliphatic rings. The molecule has 3 nitrogen and oxygen atoms in total. The van der Waals surface area contributed by atoms with Crippen molar-refractivity contribution in [1.29, 1.82) is 0 Å². The summed E-state index contributed by atoms with van der Waals surface area (Å²) < 4.78 is 19.8. The number of carboxylic acid groups (broad SMARTS) is 1. The van der Waals surface area contributed by atoms with Gasteiger partial charge >= 0.3 is 5.97 Å². The Labute approximate surface area is 123 Å². The molecule has 2 aromatic rings. The number of aliphatic carboxylic acids is 1. The highest BCUT2D eigenvalue weighted by molar-refractivity contribution is 9.10.